The number of hydrogen-bond acceptors (Lipinski definition) is 4. The average Bonchev–Trinajstić information content (AvgIpc) is 3.26. The maximum Gasteiger partial charge on any atom is 0.346 e. The fourth-order valence-corrected chi connectivity index (χ4v) is 5.01. The lowest BCUT2D eigenvalue weighted by Crippen LogP contribution is -2.42. The fraction of sp³-hybridized carbons (Fsp3) is 0.619. The maximum atomic E-state index is 13.3. The quantitative estimate of drug-likeness (QED) is 0.719. The van der Waals surface area contributed by atoms with Crippen molar-refractivity contribution in [3.05, 3.63) is 45.4 Å². The number of fused-ring (bicyclic) bond motifs is 1. The molecule has 0 aromatic carbocycles. The monoisotopic (exact) mass is 415 g/mol. The normalized spacial score (nSPS) is 25.1. The Labute approximate surface area is 174 Å². The maximum absolute atomic E-state index is 13.3. The first-order valence-corrected chi connectivity index (χ1v) is 10.9. The van der Waals surface area contributed by atoms with Crippen LogP contribution in [0.3, 0.4) is 0 Å². The number of aryl methyl sites for hydroxylation is 1. The van der Waals surface area contributed by atoms with E-state index in [-0.39, 0.29) is 17.0 Å². The van der Waals surface area contributed by atoms with Crippen molar-refractivity contribution in [2.75, 3.05) is 13.1 Å². The molecule has 1 saturated heterocycles. The number of carbonyl (C=O) groups is 1. The molecule has 0 bridgehead atoms. The van der Waals surface area contributed by atoms with Crippen LogP contribution in [0.15, 0.2) is 23.0 Å². The van der Waals surface area contributed by atoms with E-state index in [0.717, 1.165) is 56.7 Å². The van der Waals surface area contributed by atoms with Crippen molar-refractivity contribution in [2.24, 2.45) is 5.92 Å². The molecule has 2 aromatic heterocycles. The molecule has 4 heterocycles. The Kier molecular flexibility index (Phi) is 4.53. The van der Waals surface area contributed by atoms with Crippen LogP contribution >= 0.6 is 11.6 Å². The zero-order valence-corrected chi connectivity index (χ0v) is 17.4. The van der Waals surface area contributed by atoms with Crippen LogP contribution in [0.2, 0.25) is 5.15 Å². The van der Waals surface area contributed by atoms with Crippen LogP contribution in [0.4, 0.5) is 0 Å². The largest absolute Gasteiger partial charge is 0.346 e. The van der Waals surface area contributed by atoms with Crippen LogP contribution in [0.1, 0.15) is 56.6 Å². The highest BCUT2D eigenvalue weighted by Gasteiger charge is 2.47. The van der Waals surface area contributed by atoms with Gasteiger partial charge in [-0.3, -0.25) is 9.36 Å². The summed E-state index contributed by atoms with van der Waals surface area (Å²) in [6.45, 7) is 4.24. The average molecular weight is 416 g/mol. The van der Waals surface area contributed by atoms with Gasteiger partial charge in [0.1, 0.15) is 17.0 Å². The van der Waals surface area contributed by atoms with E-state index in [0.29, 0.717) is 24.0 Å². The predicted octanol–water partition coefficient (Wildman–Crippen LogP) is 2.57. The Balaban J connectivity index is 1.44. The summed E-state index contributed by atoms with van der Waals surface area (Å²) >= 11 is 6.08. The molecule has 1 aliphatic carbocycles. The first-order valence-electron chi connectivity index (χ1n) is 10.6. The Morgan fingerprint density at radius 2 is 2.14 bits per heavy atom. The summed E-state index contributed by atoms with van der Waals surface area (Å²) in [5.74, 6) is 1.35. The molecule has 1 amide bonds. The van der Waals surface area contributed by atoms with Crippen LogP contribution in [-0.4, -0.2) is 43.2 Å². The molecule has 3 aliphatic rings. The fourth-order valence-electron chi connectivity index (χ4n) is 4.85. The lowest BCUT2D eigenvalue weighted by atomic mass is 10.0. The number of rotatable bonds is 4. The molecule has 0 N–H and O–H groups in total. The van der Waals surface area contributed by atoms with E-state index in [4.69, 9.17) is 11.6 Å². The SMILES string of the molecule is C[C@H]1CCN(C(=O)[C@@H]2CCCc3nn(CC4(c5cccc(Cl)n5)CC4)c(=O)n32)C1. The number of hydrogen-bond donors (Lipinski definition) is 0. The standard InChI is InChI=1S/C21H26ClN5O2/c1-14-8-11-25(12-14)19(28)15-4-2-7-18-24-26(20(29)27(15)18)13-21(9-10-21)16-5-3-6-17(22)23-16/h3,5-6,14-15H,2,4,7-13H2,1H3/t14-,15-/m0/s1. The van der Waals surface area contributed by atoms with Gasteiger partial charge < -0.3 is 4.90 Å². The van der Waals surface area contributed by atoms with Gasteiger partial charge in [-0.2, -0.15) is 5.10 Å². The highest BCUT2D eigenvalue weighted by atomic mass is 35.5. The Bertz CT molecular complexity index is 1010. The highest BCUT2D eigenvalue weighted by molar-refractivity contribution is 6.29. The second-order valence-corrected chi connectivity index (χ2v) is 9.33. The van der Waals surface area contributed by atoms with Crippen molar-refractivity contribution < 1.29 is 4.79 Å². The summed E-state index contributed by atoms with van der Waals surface area (Å²) in [5.41, 5.74) is 0.573. The van der Waals surface area contributed by atoms with Crippen molar-refractivity contribution in [3.8, 4) is 0 Å². The zero-order chi connectivity index (χ0) is 20.2. The summed E-state index contributed by atoms with van der Waals surface area (Å²) in [5, 5.41) is 5.10. The van der Waals surface area contributed by atoms with E-state index in [1.54, 1.807) is 15.3 Å². The molecule has 2 atom stereocenters. The molecule has 154 valence electrons. The van der Waals surface area contributed by atoms with Crippen LogP contribution < -0.4 is 5.69 Å². The molecule has 7 nitrogen and oxygen atoms in total. The van der Waals surface area contributed by atoms with E-state index < -0.39 is 6.04 Å². The van der Waals surface area contributed by atoms with Crippen LogP contribution in [0.25, 0.3) is 0 Å². The Hall–Kier alpha value is -2.15. The van der Waals surface area contributed by atoms with Crippen molar-refractivity contribution >= 4 is 17.5 Å². The minimum atomic E-state index is -0.412. The first-order chi connectivity index (χ1) is 14.0. The highest BCUT2D eigenvalue weighted by Crippen LogP contribution is 2.48. The van der Waals surface area contributed by atoms with E-state index in [2.05, 4.69) is 17.0 Å². The van der Waals surface area contributed by atoms with Crippen LogP contribution in [-0.2, 0) is 23.2 Å². The molecule has 1 saturated carbocycles. The molecule has 0 spiro atoms. The molecule has 29 heavy (non-hydrogen) atoms. The Morgan fingerprint density at radius 3 is 2.83 bits per heavy atom. The van der Waals surface area contributed by atoms with Gasteiger partial charge in [-0.05, 0) is 50.2 Å². The second kappa shape index (κ2) is 6.97. The molecule has 8 heteroatoms. The molecule has 0 unspecified atom stereocenters. The van der Waals surface area contributed by atoms with Gasteiger partial charge in [0.2, 0.25) is 5.91 Å². The van der Waals surface area contributed by atoms with Gasteiger partial charge in [-0.25, -0.2) is 14.5 Å². The molecule has 2 fully saturated rings. The number of nitrogens with zero attached hydrogens (tertiary/aromatic N) is 5. The first kappa shape index (κ1) is 18.9. The lowest BCUT2D eigenvalue weighted by Gasteiger charge is -2.27. The topological polar surface area (TPSA) is 73.0 Å². The van der Waals surface area contributed by atoms with E-state index in [9.17, 15) is 9.59 Å². The molecular formula is C21H26ClN5O2. The van der Waals surface area contributed by atoms with Gasteiger partial charge in [0.15, 0.2) is 0 Å². The van der Waals surface area contributed by atoms with Crippen molar-refractivity contribution in [3.63, 3.8) is 0 Å². The third-order valence-electron chi connectivity index (χ3n) is 6.72. The summed E-state index contributed by atoms with van der Waals surface area (Å²) in [4.78, 5) is 32.8. The summed E-state index contributed by atoms with van der Waals surface area (Å²) in [6.07, 6.45) is 5.30. The van der Waals surface area contributed by atoms with Crippen molar-refractivity contribution in [2.45, 2.75) is 63.5 Å². The van der Waals surface area contributed by atoms with Gasteiger partial charge in [0.25, 0.3) is 0 Å². The number of carbonyl (C=O) groups excluding carboxylic acids is 1. The third-order valence-corrected chi connectivity index (χ3v) is 6.93. The number of aromatic nitrogens is 4. The van der Waals surface area contributed by atoms with E-state index in [1.807, 2.05) is 17.0 Å². The lowest BCUT2D eigenvalue weighted by molar-refractivity contribution is -0.134. The number of halogens is 1. The van der Waals surface area contributed by atoms with Gasteiger partial charge in [-0.15, -0.1) is 0 Å². The molecule has 2 aliphatic heterocycles. The second-order valence-electron chi connectivity index (χ2n) is 8.94. The molecule has 5 rings (SSSR count). The van der Waals surface area contributed by atoms with Crippen molar-refractivity contribution in [1.29, 1.82) is 0 Å². The summed E-state index contributed by atoms with van der Waals surface area (Å²) in [7, 11) is 0. The van der Waals surface area contributed by atoms with Gasteiger partial charge >= 0.3 is 5.69 Å². The molecular weight excluding hydrogens is 390 g/mol. The predicted molar refractivity (Wildman–Crippen MR) is 109 cm³/mol. The van der Waals surface area contributed by atoms with E-state index in [1.165, 1.54) is 0 Å². The van der Waals surface area contributed by atoms with Crippen LogP contribution in [0, 0.1) is 5.92 Å². The molecule has 2 aromatic rings. The number of likely N-dealkylation sites (tertiary alicyclic amines) is 1. The smallest absolute Gasteiger partial charge is 0.341 e. The third kappa shape index (κ3) is 3.29. The minimum Gasteiger partial charge on any atom is -0.341 e. The minimum absolute atomic E-state index is 0.0783. The summed E-state index contributed by atoms with van der Waals surface area (Å²) < 4.78 is 3.22. The zero-order valence-electron chi connectivity index (χ0n) is 16.7. The Morgan fingerprint density at radius 1 is 1.31 bits per heavy atom. The summed E-state index contributed by atoms with van der Waals surface area (Å²) in [6, 6.07) is 5.22. The van der Waals surface area contributed by atoms with Gasteiger partial charge in [0.05, 0.1) is 12.2 Å². The number of pyridine rings is 1. The van der Waals surface area contributed by atoms with Gasteiger partial charge in [0, 0.05) is 24.9 Å². The number of amides is 1. The van der Waals surface area contributed by atoms with Gasteiger partial charge in [-0.1, -0.05) is 24.6 Å². The van der Waals surface area contributed by atoms with E-state index >= 15 is 0 Å². The molecule has 0 radical (unpaired) electrons. The van der Waals surface area contributed by atoms with Crippen molar-refractivity contribution in [1.82, 2.24) is 24.2 Å². The van der Waals surface area contributed by atoms with Crippen LogP contribution in [0.5, 0.6) is 0 Å².